The van der Waals surface area contributed by atoms with Crippen LogP contribution < -0.4 is 58.6 Å². The van der Waals surface area contributed by atoms with E-state index in [1.54, 1.807) is 0 Å². The summed E-state index contributed by atoms with van der Waals surface area (Å²) in [5.41, 5.74) is -3.89. The first-order valence-electron chi connectivity index (χ1n) is 23.8. The predicted octanol–water partition coefficient (Wildman–Crippen LogP) is 11.5. The number of rotatable bonds is 14. The molecule has 67 heavy (non-hydrogen) atoms. The molecule has 0 spiro atoms. The lowest BCUT2D eigenvalue weighted by Crippen LogP contribution is -2.56. The summed E-state index contributed by atoms with van der Waals surface area (Å²) in [5.74, 6) is 5.23. The second kappa shape index (κ2) is 20.0. The molecule has 0 bridgehead atoms. The Labute approximate surface area is 409 Å². The van der Waals surface area contributed by atoms with Crippen molar-refractivity contribution < 1.29 is 42.0 Å². The quantitative estimate of drug-likeness (QED) is 0.115. The van der Waals surface area contributed by atoms with Crippen LogP contribution in [0, 0.1) is 0 Å². The zero-order valence-electron chi connectivity index (χ0n) is 45.8. The molecule has 0 unspecified atom stereocenters. The number of hydrogen-bond acceptors (Lipinski definition) is 9. The van der Waals surface area contributed by atoms with Crippen molar-refractivity contribution in [3.05, 3.63) is 72.8 Å². The summed E-state index contributed by atoms with van der Waals surface area (Å²) in [5, 5.41) is 4.01. The van der Waals surface area contributed by atoms with Gasteiger partial charge in [0, 0.05) is 0 Å². The van der Waals surface area contributed by atoms with Gasteiger partial charge in [-0.05, 0) is 235 Å². The van der Waals surface area contributed by atoms with Crippen LogP contribution in [0.4, 0.5) is 0 Å². The van der Waals surface area contributed by atoms with Gasteiger partial charge in [-0.2, -0.15) is 0 Å². The molecule has 0 radical (unpaired) electrons. The van der Waals surface area contributed by atoms with E-state index in [1.807, 2.05) is 190 Å². The van der Waals surface area contributed by atoms with E-state index in [-0.39, 0.29) is 0 Å². The summed E-state index contributed by atoms with van der Waals surface area (Å²) in [7, 11) is -5.50. The molecule has 0 aliphatic heterocycles. The van der Waals surface area contributed by atoms with Gasteiger partial charge in [0.25, 0.3) is 0 Å². The van der Waals surface area contributed by atoms with Crippen LogP contribution in [0.5, 0.6) is 46.0 Å². The first kappa shape index (κ1) is 55.3. The van der Waals surface area contributed by atoms with Crippen LogP contribution in [-0.2, 0) is 4.12 Å². The Hall–Kier alpha value is -4.33. The molecule has 0 aromatic heterocycles. The van der Waals surface area contributed by atoms with Gasteiger partial charge in [-0.15, -0.1) is 0 Å². The zero-order chi connectivity index (χ0) is 50.9. The minimum atomic E-state index is -2.75. The average Bonchev–Trinajstić information content (AvgIpc) is 3.07. The van der Waals surface area contributed by atoms with Crippen molar-refractivity contribution in [2.45, 2.75) is 211 Å². The second-order valence-corrected chi connectivity index (χ2v) is 30.7. The molecule has 4 aromatic rings. The van der Waals surface area contributed by atoms with Crippen molar-refractivity contribution in [1.29, 1.82) is 0 Å². The van der Waals surface area contributed by atoms with E-state index in [2.05, 4.69) is 48.5 Å². The number of ether oxygens (including phenoxy) is 8. The molecule has 0 aliphatic rings. The zero-order valence-corrected chi connectivity index (χ0v) is 48.1. The fourth-order valence-electron chi connectivity index (χ4n) is 6.88. The van der Waals surface area contributed by atoms with Crippen LogP contribution in [-0.4, -0.2) is 62.9 Å². The molecule has 11 heteroatoms. The molecule has 0 fully saturated rings. The molecule has 4 rings (SSSR count). The highest BCUT2D eigenvalue weighted by Crippen LogP contribution is 2.37. The van der Waals surface area contributed by atoms with Crippen LogP contribution in [0.2, 0.25) is 0 Å². The molecule has 0 heterocycles. The van der Waals surface area contributed by atoms with Gasteiger partial charge >= 0.3 is 0 Å². The smallest absolute Gasteiger partial charge is 0.229 e. The normalized spacial score (nSPS) is 13.4. The van der Waals surface area contributed by atoms with E-state index in [9.17, 15) is 0 Å². The summed E-state index contributed by atoms with van der Waals surface area (Å²) >= 11 is 0. The summed E-state index contributed by atoms with van der Waals surface area (Å²) in [6, 6.07) is 25.1. The third-order valence-electron chi connectivity index (χ3n) is 8.68. The molecule has 0 atom stereocenters. The van der Waals surface area contributed by atoms with E-state index < -0.39 is 62.9 Å². The predicted molar refractivity (Wildman–Crippen MR) is 283 cm³/mol. The van der Waals surface area contributed by atoms with Crippen molar-refractivity contribution in [2.75, 3.05) is 0 Å². The van der Waals surface area contributed by atoms with E-state index in [1.165, 1.54) is 0 Å². The molecule has 4 aromatic carbocycles. The molecule has 0 aliphatic carbocycles. The van der Waals surface area contributed by atoms with Crippen molar-refractivity contribution in [3.8, 4) is 46.0 Å². The average molecular weight is 959 g/mol. The second-order valence-electron chi connectivity index (χ2n) is 25.4. The van der Waals surface area contributed by atoms with Gasteiger partial charge in [0.05, 0.1) is 0 Å². The molecule has 0 saturated heterocycles. The van der Waals surface area contributed by atoms with Crippen LogP contribution in [0.3, 0.4) is 0 Å². The molecule has 0 saturated carbocycles. The maximum atomic E-state index is 7.99. The Bertz CT molecular complexity index is 1960. The number of benzene rings is 4. The Balaban J connectivity index is 2.16. The SMILES string of the molecule is CC(C)(C)Oc1ccc([SiH](O[SiH](c2ccc(OC(C)(C)C)c(OC(C)(C)C)c2)c2ccc(OC(C)(C)C)c(OC(C)(C)C)c2)c2ccc(OC(C)(C)C)c(OC(C)(C)C)c2)cc1OC(C)(C)C. The highest BCUT2D eigenvalue weighted by molar-refractivity contribution is 6.92. The van der Waals surface area contributed by atoms with Gasteiger partial charge in [0.1, 0.15) is 44.8 Å². The molecule has 372 valence electrons. The Morgan fingerprint density at radius 2 is 0.373 bits per heavy atom. The fourth-order valence-corrected chi connectivity index (χ4v) is 13.5. The molecular formula is C56H86O9Si2. The third-order valence-corrected chi connectivity index (χ3v) is 14.7. The molecule has 0 N–H and O–H groups in total. The van der Waals surface area contributed by atoms with Gasteiger partial charge in [0.2, 0.25) is 18.1 Å². The van der Waals surface area contributed by atoms with E-state index in [4.69, 9.17) is 42.0 Å². The van der Waals surface area contributed by atoms with Crippen LogP contribution in [0.15, 0.2) is 72.8 Å². The van der Waals surface area contributed by atoms with Gasteiger partial charge in [0.15, 0.2) is 46.0 Å². The first-order valence-corrected chi connectivity index (χ1v) is 27.1. The Morgan fingerprint density at radius 1 is 0.224 bits per heavy atom. The maximum absolute atomic E-state index is 7.99. The fraction of sp³-hybridized carbons (Fsp3) is 0.571. The first-order chi connectivity index (χ1) is 30.1. The minimum Gasteiger partial charge on any atom is -0.484 e. The third kappa shape index (κ3) is 18.9. The van der Waals surface area contributed by atoms with Crippen molar-refractivity contribution in [1.82, 2.24) is 0 Å². The van der Waals surface area contributed by atoms with Crippen molar-refractivity contribution in [2.24, 2.45) is 0 Å². The largest absolute Gasteiger partial charge is 0.484 e. The lowest BCUT2D eigenvalue weighted by molar-refractivity contribution is 0.0958. The molecule has 9 nitrogen and oxygen atoms in total. The van der Waals surface area contributed by atoms with Crippen molar-refractivity contribution >= 4 is 38.8 Å². The standard InChI is InChI=1S/C56H86O9Si2/c1-49(2,3)57-41-29-25-37(33-45(41)61-53(13,14)15)66(38-26-30-42(58-50(4,5)6)46(34-38)62-54(16,17)18)65-67(39-27-31-43(59-51(7,8)9)47(35-39)63-55(19,20)21)40-28-32-44(60-52(10,11)12)48(36-40)64-56(22,23)24/h25-36,66-67H,1-24H3. The number of hydrogen-bond donors (Lipinski definition) is 0. The lowest BCUT2D eigenvalue weighted by Gasteiger charge is -2.32. The Kier molecular flexibility index (Phi) is 16.5. The summed E-state index contributed by atoms with van der Waals surface area (Å²) in [4.78, 5) is 0. The van der Waals surface area contributed by atoms with Crippen LogP contribution >= 0.6 is 0 Å². The highest BCUT2D eigenvalue weighted by Gasteiger charge is 2.33. The topological polar surface area (TPSA) is 83.1 Å². The highest BCUT2D eigenvalue weighted by atomic mass is 28.4. The van der Waals surface area contributed by atoms with Gasteiger partial charge in [-0.25, -0.2) is 0 Å². The maximum Gasteiger partial charge on any atom is 0.229 e. The summed E-state index contributed by atoms with van der Waals surface area (Å²) in [6.45, 7) is 49.1. The molecule has 0 amide bonds. The van der Waals surface area contributed by atoms with E-state index in [0.717, 1.165) is 20.7 Å². The van der Waals surface area contributed by atoms with Gasteiger partial charge < -0.3 is 42.0 Å². The summed E-state index contributed by atoms with van der Waals surface area (Å²) < 4.78 is 61.0. The van der Waals surface area contributed by atoms with Crippen LogP contribution in [0.25, 0.3) is 0 Å². The minimum absolute atomic E-state index is 0.462. The summed E-state index contributed by atoms with van der Waals surface area (Å²) in [6.07, 6.45) is 0. The van der Waals surface area contributed by atoms with Crippen LogP contribution in [0.1, 0.15) is 166 Å². The Morgan fingerprint density at radius 3 is 0.522 bits per heavy atom. The van der Waals surface area contributed by atoms with E-state index in [0.29, 0.717) is 46.0 Å². The monoisotopic (exact) mass is 959 g/mol. The van der Waals surface area contributed by atoms with E-state index >= 15 is 0 Å². The van der Waals surface area contributed by atoms with Gasteiger partial charge in [-0.1, -0.05) is 24.3 Å². The molecular weight excluding hydrogens is 873 g/mol. The van der Waals surface area contributed by atoms with Gasteiger partial charge in [-0.3, -0.25) is 0 Å². The van der Waals surface area contributed by atoms with Crippen molar-refractivity contribution in [3.63, 3.8) is 0 Å². The lowest BCUT2D eigenvalue weighted by atomic mass is 10.1.